The molecule has 0 saturated carbocycles. The summed E-state index contributed by atoms with van der Waals surface area (Å²) in [6, 6.07) is 7.59. The van der Waals surface area contributed by atoms with Crippen LogP contribution in [-0.4, -0.2) is 16.6 Å². The van der Waals surface area contributed by atoms with Crippen molar-refractivity contribution < 1.29 is 13.3 Å². The minimum Gasteiger partial charge on any atom is -0.339 e. The standard InChI is InChI=1S/C12H11F2IN2O/c1-7(6-10(13)14)12-16-11(17-18-12)8-2-4-9(15)5-3-8/h2-5,7,10H,6H2,1H3. The van der Waals surface area contributed by atoms with E-state index in [1.807, 2.05) is 24.3 Å². The van der Waals surface area contributed by atoms with Gasteiger partial charge in [-0.05, 0) is 34.7 Å². The lowest BCUT2D eigenvalue weighted by atomic mass is 10.1. The maximum absolute atomic E-state index is 12.3. The molecule has 18 heavy (non-hydrogen) atoms. The van der Waals surface area contributed by atoms with E-state index in [-0.39, 0.29) is 12.3 Å². The van der Waals surface area contributed by atoms with E-state index < -0.39 is 12.3 Å². The molecule has 0 aliphatic carbocycles. The van der Waals surface area contributed by atoms with Crippen LogP contribution in [0.3, 0.4) is 0 Å². The smallest absolute Gasteiger partial charge is 0.239 e. The van der Waals surface area contributed by atoms with Crippen LogP contribution in [0.25, 0.3) is 11.4 Å². The molecular weight excluding hydrogens is 353 g/mol. The van der Waals surface area contributed by atoms with Crippen LogP contribution in [0.1, 0.15) is 25.2 Å². The van der Waals surface area contributed by atoms with Crippen LogP contribution in [0.4, 0.5) is 8.78 Å². The van der Waals surface area contributed by atoms with Crippen LogP contribution in [0, 0.1) is 3.57 Å². The molecule has 0 fully saturated rings. The van der Waals surface area contributed by atoms with Crippen LogP contribution in [0.15, 0.2) is 28.8 Å². The zero-order valence-corrected chi connectivity index (χ0v) is 11.8. The highest BCUT2D eigenvalue weighted by Crippen LogP contribution is 2.24. The summed E-state index contributed by atoms with van der Waals surface area (Å²) in [6.45, 7) is 1.65. The summed E-state index contributed by atoms with van der Waals surface area (Å²) in [5, 5.41) is 3.81. The maximum atomic E-state index is 12.3. The number of benzene rings is 1. The first-order valence-electron chi connectivity index (χ1n) is 5.44. The number of hydrogen-bond acceptors (Lipinski definition) is 3. The predicted octanol–water partition coefficient (Wildman–Crippen LogP) is 4.10. The number of aromatic nitrogens is 2. The third-order valence-electron chi connectivity index (χ3n) is 2.50. The highest BCUT2D eigenvalue weighted by Gasteiger charge is 2.19. The van der Waals surface area contributed by atoms with Gasteiger partial charge in [0, 0.05) is 21.5 Å². The third kappa shape index (κ3) is 3.24. The van der Waals surface area contributed by atoms with E-state index in [1.165, 1.54) is 0 Å². The van der Waals surface area contributed by atoms with Crippen LogP contribution in [-0.2, 0) is 0 Å². The molecule has 0 aliphatic heterocycles. The van der Waals surface area contributed by atoms with Crippen LogP contribution >= 0.6 is 22.6 Å². The number of hydrogen-bond donors (Lipinski definition) is 0. The molecule has 2 rings (SSSR count). The topological polar surface area (TPSA) is 38.9 Å². The molecule has 0 bridgehead atoms. The van der Waals surface area contributed by atoms with E-state index in [0.717, 1.165) is 9.13 Å². The van der Waals surface area contributed by atoms with Gasteiger partial charge in [-0.1, -0.05) is 24.2 Å². The van der Waals surface area contributed by atoms with Crippen molar-refractivity contribution in [2.24, 2.45) is 0 Å². The number of rotatable bonds is 4. The first-order valence-corrected chi connectivity index (χ1v) is 6.52. The molecule has 2 aromatic rings. The Hall–Kier alpha value is -1.05. The van der Waals surface area contributed by atoms with Crippen molar-refractivity contribution >= 4 is 22.6 Å². The average molecular weight is 364 g/mol. The Labute approximate surface area is 117 Å². The van der Waals surface area contributed by atoms with Gasteiger partial charge in [-0.3, -0.25) is 0 Å². The van der Waals surface area contributed by atoms with Crippen LogP contribution in [0.2, 0.25) is 0 Å². The van der Waals surface area contributed by atoms with E-state index in [0.29, 0.717) is 5.82 Å². The molecule has 0 radical (unpaired) electrons. The van der Waals surface area contributed by atoms with Gasteiger partial charge < -0.3 is 4.52 Å². The second-order valence-corrected chi connectivity index (χ2v) is 5.24. The fourth-order valence-electron chi connectivity index (χ4n) is 1.52. The number of alkyl halides is 2. The largest absolute Gasteiger partial charge is 0.339 e. The highest BCUT2D eigenvalue weighted by molar-refractivity contribution is 14.1. The monoisotopic (exact) mass is 364 g/mol. The Morgan fingerprint density at radius 3 is 2.56 bits per heavy atom. The molecule has 3 nitrogen and oxygen atoms in total. The van der Waals surface area contributed by atoms with E-state index in [1.54, 1.807) is 6.92 Å². The van der Waals surface area contributed by atoms with Crippen molar-refractivity contribution in [2.45, 2.75) is 25.7 Å². The van der Waals surface area contributed by atoms with Crippen molar-refractivity contribution in [1.82, 2.24) is 10.1 Å². The van der Waals surface area contributed by atoms with Crippen molar-refractivity contribution in [3.05, 3.63) is 33.7 Å². The zero-order chi connectivity index (χ0) is 13.1. The van der Waals surface area contributed by atoms with Gasteiger partial charge in [-0.15, -0.1) is 0 Å². The van der Waals surface area contributed by atoms with E-state index >= 15 is 0 Å². The van der Waals surface area contributed by atoms with E-state index in [2.05, 4.69) is 32.7 Å². The Morgan fingerprint density at radius 1 is 1.28 bits per heavy atom. The lowest BCUT2D eigenvalue weighted by molar-refractivity contribution is 0.124. The summed E-state index contributed by atoms with van der Waals surface area (Å²) in [6.07, 6.45) is -2.64. The van der Waals surface area contributed by atoms with E-state index in [4.69, 9.17) is 4.52 Å². The van der Waals surface area contributed by atoms with Gasteiger partial charge in [0.25, 0.3) is 0 Å². The van der Waals surface area contributed by atoms with Gasteiger partial charge in [-0.25, -0.2) is 8.78 Å². The van der Waals surface area contributed by atoms with Crippen molar-refractivity contribution in [1.29, 1.82) is 0 Å². The minimum atomic E-state index is -2.37. The van der Waals surface area contributed by atoms with Gasteiger partial charge in [0.2, 0.25) is 18.1 Å². The minimum absolute atomic E-state index is 0.254. The normalized spacial score (nSPS) is 12.9. The quantitative estimate of drug-likeness (QED) is 0.767. The molecule has 6 heteroatoms. The highest BCUT2D eigenvalue weighted by atomic mass is 127. The molecule has 0 aliphatic rings. The molecule has 1 atom stereocenters. The maximum Gasteiger partial charge on any atom is 0.239 e. The van der Waals surface area contributed by atoms with Crippen LogP contribution < -0.4 is 0 Å². The molecule has 0 saturated heterocycles. The summed E-state index contributed by atoms with van der Waals surface area (Å²) in [5.41, 5.74) is 0.815. The predicted molar refractivity (Wildman–Crippen MR) is 71.5 cm³/mol. The number of nitrogens with zero attached hydrogens (tertiary/aromatic N) is 2. The van der Waals surface area contributed by atoms with Crippen molar-refractivity contribution in [3.63, 3.8) is 0 Å². The summed E-state index contributed by atoms with van der Waals surface area (Å²) < 4.78 is 30.6. The van der Waals surface area contributed by atoms with Crippen LogP contribution in [0.5, 0.6) is 0 Å². The first kappa shape index (κ1) is 13.4. The van der Waals surface area contributed by atoms with Gasteiger partial charge in [-0.2, -0.15) is 4.98 Å². The van der Waals surface area contributed by atoms with Crippen molar-refractivity contribution in [3.8, 4) is 11.4 Å². The second kappa shape index (κ2) is 5.73. The summed E-state index contributed by atoms with van der Waals surface area (Å²) >= 11 is 2.20. The number of halogens is 3. The molecule has 1 aromatic carbocycles. The average Bonchev–Trinajstić information content (AvgIpc) is 2.78. The molecule has 1 unspecified atom stereocenters. The molecule has 96 valence electrons. The molecule has 0 N–H and O–H groups in total. The van der Waals surface area contributed by atoms with Crippen molar-refractivity contribution in [2.75, 3.05) is 0 Å². The van der Waals surface area contributed by atoms with E-state index in [9.17, 15) is 8.78 Å². The summed E-state index contributed by atoms with van der Waals surface area (Å²) in [4.78, 5) is 4.15. The third-order valence-corrected chi connectivity index (χ3v) is 3.22. The first-order chi connectivity index (χ1) is 8.56. The van der Waals surface area contributed by atoms with Gasteiger partial charge in [0.1, 0.15) is 0 Å². The summed E-state index contributed by atoms with van der Waals surface area (Å²) in [7, 11) is 0. The lowest BCUT2D eigenvalue weighted by Gasteiger charge is -2.03. The molecular formula is C12H11F2IN2O. The zero-order valence-electron chi connectivity index (χ0n) is 9.61. The molecule has 0 amide bonds. The fourth-order valence-corrected chi connectivity index (χ4v) is 1.88. The Kier molecular flexibility index (Phi) is 4.26. The molecule has 1 aromatic heterocycles. The lowest BCUT2D eigenvalue weighted by Crippen LogP contribution is -2.00. The Bertz CT molecular complexity index is 513. The van der Waals surface area contributed by atoms with Gasteiger partial charge >= 0.3 is 0 Å². The second-order valence-electron chi connectivity index (χ2n) is 3.99. The Balaban J connectivity index is 2.17. The van der Waals surface area contributed by atoms with Gasteiger partial charge in [0.15, 0.2) is 0 Å². The Morgan fingerprint density at radius 2 is 1.94 bits per heavy atom. The fraction of sp³-hybridized carbons (Fsp3) is 0.333. The van der Waals surface area contributed by atoms with Gasteiger partial charge in [0.05, 0.1) is 0 Å². The molecule has 1 heterocycles. The molecule has 0 spiro atoms. The SMILES string of the molecule is CC(CC(F)F)c1nc(-c2ccc(I)cc2)no1. The summed E-state index contributed by atoms with van der Waals surface area (Å²) in [5.74, 6) is 0.251.